The maximum absolute atomic E-state index is 4.69. The van der Waals surface area contributed by atoms with E-state index in [0.717, 1.165) is 6.54 Å². The van der Waals surface area contributed by atoms with Crippen LogP contribution < -0.4 is 10.2 Å². The molecule has 0 bridgehead atoms. The topological polar surface area (TPSA) is 28.2 Å². The first-order valence-electron chi connectivity index (χ1n) is 6.52. The third kappa shape index (κ3) is 2.99. The Morgan fingerprint density at radius 2 is 2.24 bits per heavy atom. The molecule has 1 saturated heterocycles. The summed E-state index contributed by atoms with van der Waals surface area (Å²) in [5.74, 6) is 0. The molecule has 4 heteroatoms. The summed E-state index contributed by atoms with van der Waals surface area (Å²) < 4.78 is 0. The van der Waals surface area contributed by atoms with E-state index in [1.54, 1.807) is 0 Å². The molecule has 3 nitrogen and oxygen atoms in total. The molecule has 1 atom stereocenters. The molecule has 0 aromatic carbocycles. The molecule has 1 aliphatic rings. The van der Waals surface area contributed by atoms with E-state index in [1.807, 2.05) is 11.3 Å². The second kappa shape index (κ2) is 5.36. The van der Waals surface area contributed by atoms with Gasteiger partial charge in [0.15, 0.2) is 5.13 Å². The lowest BCUT2D eigenvalue weighted by Gasteiger charge is -2.29. The molecule has 0 spiro atoms. The zero-order valence-electron chi connectivity index (χ0n) is 11.3. The highest BCUT2D eigenvalue weighted by molar-refractivity contribution is 7.15. The molecule has 96 valence electrons. The third-order valence-electron chi connectivity index (χ3n) is 3.47. The summed E-state index contributed by atoms with van der Waals surface area (Å²) in [5, 5.41) is 4.75. The molecule has 1 aromatic rings. The van der Waals surface area contributed by atoms with E-state index in [1.165, 1.54) is 35.1 Å². The average molecular weight is 253 g/mol. The fraction of sp³-hybridized carbons (Fsp3) is 0.769. The van der Waals surface area contributed by atoms with Gasteiger partial charge in [-0.3, -0.25) is 0 Å². The van der Waals surface area contributed by atoms with Crippen LogP contribution >= 0.6 is 11.3 Å². The van der Waals surface area contributed by atoms with Gasteiger partial charge in [0.05, 0.1) is 5.69 Å². The Labute approximate surface area is 108 Å². The van der Waals surface area contributed by atoms with E-state index in [0.29, 0.717) is 12.1 Å². The third-order valence-corrected chi connectivity index (χ3v) is 4.58. The fourth-order valence-corrected chi connectivity index (χ4v) is 3.29. The minimum Gasteiger partial charge on any atom is -0.344 e. The summed E-state index contributed by atoms with van der Waals surface area (Å²) in [4.78, 5) is 8.47. The standard InChI is InChI=1S/C13H23N3S/c1-9(2)16(8-12-6-5-7-14-12)13-15-10(3)11(4)17-13/h9,12,14H,5-8H2,1-4H3. The number of aromatic nitrogens is 1. The number of hydrogen-bond donors (Lipinski definition) is 1. The van der Waals surface area contributed by atoms with Crippen molar-refractivity contribution in [3.63, 3.8) is 0 Å². The lowest BCUT2D eigenvalue weighted by atomic mass is 10.2. The van der Waals surface area contributed by atoms with Crippen LogP contribution in [0.25, 0.3) is 0 Å². The second-order valence-corrected chi connectivity index (χ2v) is 6.36. The lowest BCUT2D eigenvalue weighted by Crippen LogP contribution is -2.41. The zero-order chi connectivity index (χ0) is 12.4. The lowest BCUT2D eigenvalue weighted by molar-refractivity contribution is 0.552. The first-order chi connectivity index (χ1) is 8.08. The monoisotopic (exact) mass is 253 g/mol. The van der Waals surface area contributed by atoms with Gasteiger partial charge in [-0.15, -0.1) is 11.3 Å². The molecular weight excluding hydrogens is 230 g/mol. The molecule has 1 aliphatic heterocycles. The Morgan fingerprint density at radius 3 is 2.71 bits per heavy atom. The van der Waals surface area contributed by atoms with Gasteiger partial charge in [-0.05, 0) is 47.1 Å². The van der Waals surface area contributed by atoms with Crippen LogP contribution in [0, 0.1) is 13.8 Å². The average Bonchev–Trinajstić information content (AvgIpc) is 2.86. The van der Waals surface area contributed by atoms with Gasteiger partial charge in [0.2, 0.25) is 0 Å². The Kier molecular flexibility index (Phi) is 4.05. The quantitative estimate of drug-likeness (QED) is 0.894. The summed E-state index contributed by atoms with van der Waals surface area (Å²) in [5.41, 5.74) is 1.18. The van der Waals surface area contributed by atoms with Gasteiger partial charge in [-0.2, -0.15) is 0 Å². The fourth-order valence-electron chi connectivity index (χ4n) is 2.24. The predicted molar refractivity (Wildman–Crippen MR) is 75.1 cm³/mol. The van der Waals surface area contributed by atoms with Crippen LogP contribution in [0.5, 0.6) is 0 Å². The number of aryl methyl sites for hydroxylation is 2. The molecule has 2 heterocycles. The van der Waals surface area contributed by atoms with Gasteiger partial charge < -0.3 is 10.2 Å². The van der Waals surface area contributed by atoms with Crippen molar-refractivity contribution in [3.8, 4) is 0 Å². The first-order valence-corrected chi connectivity index (χ1v) is 7.33. The van der Waals surface area contributed by atoms with Gasteiger partial charge in [0, 0.05) is 23.5 Å². The van der Waals surface area contributed by atoms with E-state index in [9.17, 15) is 0 Å². The van der Waals surface area contributed by atoms with Crippen LogP contribution in [0.3, 0.4) is 0 Å². The molecule has 2 rings (SSSR count). The number of anilines is 1. The van der Waals surface area contributed by atoms with Crippen molar-refractivity contribution in [1.82, 2.24) is 10.3 Å². The van der Waals surface area contributed by atoms with E-state index < -0.39 is 0 Å². The number of nitrogens with zero attached hydrogens (tertiary/aromatic N) is 2. The highest BCUT2D eigenvalue weighted by Gasteiger charge is 2.22. The molecule has 1 N–H and O–H groups in total. The van der Waals surface area contributed by atoms with Crippen LogP contribution in [0.15, 0.2) is 0 Å². The molecule has 17 heavy (non-hydrogen) atoms. The van der Waals surface area contributed by atoms with Gasteiger partial charge >= 0.3 is 0 Å². The summed E-state index contributed by atoms with van der Waals surface area (Å²) in [7, 11) is 0. The van der Waals surface area contributed by atoms with Gasteiger partial charge in [0.25, 0.3) is 0 Å². The molecular formula is C13H23N3S. The van der Waals surface area contributed by atoms with Crippen molar-refractivity contribution >= 4 is 16.5 Å². The van der Waals surface area contributed by atoms with Crippen LogP contribution in [0.1, 0.15) is 37.3 Å². The summed E-state index contributed by atoms with van der Waals surface area (Å²) in [6, 6.07) is 1.16. The Bertz CT molecular complexity index is 347. The van der Waals surface area contributed by atoms with Crippen molar-refractivity contribution in [2.45, 2.75) is 52.6 Å². The maximum Gasteiger partial charge on any atom is 0.186 e. The predicted octanol–water partition coefficient (Wildman–Crippen LogP) is 2.73. The molecule has 0 saturated carbocycles. The smallest absolute Gasteiger partial charge is 0.186 e. The molecule has 0 radical (unpaired) electrons. The van der Waals surface area contributed by atoms with E-state index >= 15 is 0 Å². The van der Waals surface area contributed by atoms with Crippen LogP contribution in [0.4, 0.5) is 5.13 Å². The SMILES string of the molecule is Cc1nc(N(CC2CCCN2)C(C)C)sc1C. The molecule has 0 aliphatic carbocycles. The maximum atomic E-state index is 4.69. The number of thiazole rings is 1. The zero-order valence-corrected chi connectivity index (χ0v) is 12.1. The normalized spacial score (nSPS) is 20.2. The first kappa shape index (κ1) is 12.8. The highest BCUT2D eigenvalue weighted by atomic mass is 32.1. The van der Waals surface area contributed by atoms with E-state index in [4.69, 9.17) is 4.98 Å². The Morgan fingerprint density at radius 1 is 1.47 bits per heavy atom. The van der Waals surface area contributed by atoms with E-state index in [-0.39, 0.29) is 0 Å². The van der Waals surface area contributed by atoms with Crippen molar-refractivity contribution in [3.05, 3.63) is 10.6 Å². The summed E-state index contributed by atoms with van der Waals surface area (Å²) >= 11 is 1.82. The van der Waals surface area contributed by atoms with E-state index in [2.05, 4.69) is 37.9 Å². The molecule has 1 fully saturated rings. The highest BCUT2D eigenvalue weighted by Crippen LogP contribution is 2.27. The van der Waals surface area contributed by atoms with Crippen molar-refractivity contribution in [1.29, 1.82) is 0 Å². The molecule has 0 amide bonds. The summed E-state index contributed by atoms with van der Waals surface area (Å²) in [6.07, 6.45) is 2.61. The van der Waals surface area contributed by atoms with Gasteiger partial charge in [0.1, 0.15) is 0 Å². The van der Waals surface area contributed by atoms with Gasteiger partial charge in [-0.1, -0.05) is 0 Å². The number of hydrogen-bond acceptors (Lipinski definition) is 4. The molecule has 1 aromatic heterocycles. The van der Waals surface area contributed by atoms with Crippen LogP contribution in [0.2, 0.25) is 0 Å². The Balaban J connectivity index is 2.10. The van der Waals surface area contributed by atoms with Gasteiger partial charge in [-0.25, -0.2) is 4.98 Å². The van der Waals surface area contributed by atoms with Crippen molar-refractivity contribution in [2.75, 3.05) is 18.0 Å². The Hall–Kier alpha value is -0.610. The van der Waals surface area contributed by atoms with Crippen molar-refractivity contribution < 1.29 is 0 Å². The second-order valence-electron chi connectivity index (χ2n) is 5.18. The minimum absolute atomic E-state index is 0.516. The minimum atomic E-state index is 0.516. The summed E-state index contributed by atoms with van der Waals surface area (Å²) in [6.45, 7) is 11.0. The molecule has 1 unspecified atom stereocenters. The number of rotatable bonds is 4. The number of nitrogens with one attached hydrogen (secondary N) is 1. The van der Waals surface area contributed by atoms with Crippen LogP contribution in [-0.2, 0) is 0 Å². The van der Waals surface area contributed by atoms with Crippen LogP contribution in [-0.4, -0.2) is 30.2 Å². The largest absolute Gasteiger partial charge is 0.344 e. The van der Waals surface area contributed by atoms with Crippen molar-refractivity contribution in [2.24, 2.45) is 0 Å².